The quantitative estimate of drug-likeness (QED) is 0.235. The molecule has 0 saturated heterocycles. The Kier molecular flexibility index (Phi) is 5.32. The largest absolute Gasteiger partial charge is 0.346 e. The van der Waals surface area contributed by atoms with Crippen LogP contribution in [0.2, 0.25) is 0 Å². The van der Waals surface area contributed by atoms with Crippen LogP contribution in [0.4, 0.5) is 5.69 Å². The lowest BCUT2D eigenvalue weighted by molar-refractivity contribution is 0.624. The standard InChI is InChI=1S/C38H27N3S/c1-2-11-24(12-3-1)25-13-10-14-26(23-25)36-29-16-4-7-18-31(29)39-38(40-36)41-32-19-8-5-17-30(32)35-33(41)22-21-28-27-15-6-9-20-34(27)42-37(28)35/h1-23,27,34,38-39H. The Balaban J connectivity index is 1.25. The molecule has 3 unspecified atom stereocenters. The molecule has 42 heavy (non-hydrogen) atoms. The van der Waals surface area contributed by atoms with Crippen LogP contribution in [0.25, 0.3) is 32.9 Å². The SMILES string of the molecule is C1=CC2Sc3c(ccc4c3c3ccccc3n4C3N=C(c4cccc(-c5ccccc5)c4)c4ccccc4N3)C2C=C1. The summed E-state index contributed by atoms with van der Waals surface area (Å²) in [4.78, 5) is 6.88. The highest BCUT2D eigenvalue weighted by Crippen LogP contribution is 2.53. The summed E-state index contributed by atoms with van der Waals surface area (Å²) in [5.74, 6) is 0.433. The molecule has 0 spiro atoms. The van der Waals surface area contributed by atoms with Gasteiger partial charge in [0, 0.05) is 43.7 Å². The maximum Gasteiger partial charge on any atom is 0.201 e. The van der Waals surface area contributed by atoms with Crippen LogP contribution in [0.15, 0.2) is 149 Å². The van der Waals surface area contributed by atoms with Gasteiger partial charge < -0.3 is 9.88 Å². The van der Waals surface area contributed by atoms with Crippen molar-refractivity contribution in [2.75, 3.05) is 5.32 Å². The third kappa shape index (κ3) is 3.58. The molecule has 9 rings (SSSR count). The van der Waals surface area contributed by atoms with Crippen LogP contribution >= 0.6 is 11.8 Å². The number of hydrogen-bond acceptors (Lipinski definition) is 3. The predicted octanol–water partition coefficient (Wildman–Crippen LogP) is 9.56. The summed E-state index contributed by atoms with van der Waals surface area (Å²) in [5, 5.41) is 6.88. The number of allylic oxidation sites excluding steroid dienone is 3. The molecule has 6 aromatic rings. The highest BCUT2D eigenvalue weighted by atomic mass is 32.2. The Bertz CT molecular complexity index is 2120. The van der Waals surface area contributed by atoms with Gasteiger partial charge in [-0.05, 0) is 41.0 Å². The second kappa shape index (κ2) is 9.37. The van der Waals surface area contributed by atoms with E-state index in [1.807, 2.05) is 11.8 Å². The molecule has 3 nitrogen and oxygen atoms in total. The van der Waals surface area contributed by atoms with Gasteiger partial charge in [-0.25, -0.2) is 4.99 Å². The smallest absolute Gasteiger partial charge is 0.201 e. The zero-order chi connectivity index (χ0) is 27.6. The number of para-hydroxylation sites is 2. The maximum atomic E-state index is 5.48. The molecule has 0 fully saturated rings. The maximum absolute atomic E-state index is 5.48. The number of nitrogens with one attached hydrogen (secondary N) is 1. The molecule has 4 heteroatoms. The van der Waals surface area contributed by atoms with Gasteiger partial charge in [0.25, 0.3) is 0 Å². The molecular weight excluding hydrogens is 531 g/mol. The van der Waals surface area contributed by atoms with E-state index in [1.54, 1.807) is 0 Å². The van der Waals surface area contributed by atoms with Gasteiger partial charge in [0.1, 0.15) is 0 Å². The summed E-state index contributed by atoms with van der Waals surface area (Å²) in [5.41, 5.74) is 10.6. The Hall–Kier alpha value is -4.80. The number of benzene rings is 5. The lowest BCUT2D eigenvalue weighted by Gasteiger charge is -2.28. The minimum Gasteiger partial charge on any atom is -0.346 e. The number of hydrogen-bond donors (Lipinski definition) is 1. The van der Waals surface area contributed by atoms with Crippen molar-refractivity contribution in [1.29, 1.82) is 0 Å². The summed E-state index contributed by atoms with van der Waals surface area (Å²) < 4.78 is 2.40. The van der Waals surface area contributed by atoms with Crippen molar-refractivity contribution in [2.45, 2.75) is 22.4 Å². The van der Waals surface area contributed by atoms with Crippen LogP contribution in [0.1, 0.15) is 28.9 Å². The molecule has 5 aromatic carbocycles. The molecule has 1 aliphatic carbocycles. The molecule has 0 bridgehead atoms. The first-order chi connectivity index (χ1) is 20.8. The van der Waals surface area contributed by atoms with Crippen molar-refractivity contribution >= 4 is 45.0 Å². The van der Waals surface area contributed by atoms with E-state index in [-0.39, 0.29) is 6.29 Å². The summed E-state index contributed by atoms with van der Waals surface area (Å²) in [6.07, 6.45) is 8.79. The fourth-order valence-electron chi connectivity index (χ4n) is 6.85. The highest BCUT2D eigenvalue weighted by Gasteiger charge is 2.34. The minimum atomic E-state index is -0.288. The van der Waals surface area contributed by atoms with Gasteiger partial charge in [0.05, 0.1) is 16.7 Å². The second-order valence-corrected chi connectivity index (χ2v) is 12.3. The van der Waals surface area contributed by atoms with Crippen LogP contribution in [0.3, 0.4) is 0 Å². The summed E-state index contributed by atoms with van der Waals surface area (Å²) >= 11 is 2.00. The molecule has 0 saturated carbocycles. The Morgan fingerprint density at radius 1 is 0.667 bits per heavy atom. The number of rotatable bonds is 3. The minimum absolute atomic E-state index is 0.288. The van der Waals surface area contributed by atoms with Gasteiger partial charge in [-0.3, -0.25) is 0 Å². The van der Waals surface area contributed by atoms with E-state index in [0.29, 0.717) is 11.2 Å². The van der Waals surface area contributed by atoms with Gasteiger partial charge in [-0.15, -0.1) is 11.8 Å². The molecule has 200 valence electrons. The van der Waals surface area contributed by atoms with Crippen LogP contribution in [0, 0.1) is 0 Å². The molecular formula is C38H27N3S. The zero-order valence-corrected chi connectivity index (χ0v) is 23.6. The topological polar surface area (TPSA) is 29.3 Å². The predicted molar refractivity (Wildman–Crippen MR) is 177 cm³/mol. The number of anilines is 1. The number of thioether (sulfide) groups is 1. The zero-order valence-electron chi connectivity index (χ0n) is 22.8. The van der Waals surface area contributed by atoms with Crippen molar-refractivity contribution in [2.24, 2.45) is 4.99 Å². The van der Waals surface area contributed by atoms with Crippen LogP contribution in [-0.2, 0) is 0 Å². The Morgan fingerprint density at radius 2 is 1.45 bits per heavy atom. The van der Waals surface area contributed by atoms with Crippen molar-refractivity contribution in [3.63, 3.8) is 0 Å². The van der Waals surface area contributed by atoms with Crippen molar-refractivity contribution < 1.29 is 0 Å². The van der Waals surface area contributed by atoms with Crippen molar-refractivity contribution in [3.8, 4) is 11.1 Å². The Morgan fingerprint density at radius 3 is 2.40 bits per heavy atom. The average molecular weight is 558 g/mol. The lowest BCUT2D eigenvalue weighted by atomic mass is 9.91. The Labute approximate surface area is 248 Å². The fraction of sp³-hybridized carbons (Fsp3) is 0.0789. The molecule has 3 heterocycles. The van der Waals surface area contributed by atoms with E-state index >= 15 is 0 Å². The molecule has 3 atom stereocenters. The van der Waals surface area contributed by atoms with Crippen LogP contribution < -0.4 is 5.32 Å². The van der Waals surface area contributed by atoms with Crippen molar-refractivity contribution in [1.82, 2.24) is 4.57 Å². The number of nitrogens with zero attached hydrogens (tertiary/aromatic N) is 2. The first kappa shape index (κ1) is 23.9. The third-order valence-corrected chi connectivity index (χ3v) is 10.2. The summed E-state index contributed by atoms with van der Waals surface area (Å²) in [6.45, 7) is 0. The number of fused-ring (bicyclic) bond motifs is 8. The molecule has 0 amide bonds. The number of aromatic nitrogens is 1. The second-order valence-electron chi connectivity index (χ2n) is 11.1. The summed E-state index contributed by atoms with van der Waals surface area (Å²) in [6, 6.07) is 41.4. The average Bonchev–Trinajstić information content (AvgIpc) is 3.60. The number of aliphatic imine (C=N–C) groups is 1. The van der Waals surface area contributed by atoms with Gasteiger partial charge in [0.15, 0.2) is 0 Å². The van der Waals surface area contributed by atoms with Crippen LogP contribution in [-0.4, -0.2) is 15.5 Å². The van der Waals surface area contributed by atoms with E-state index in [2.05, 4.69) is 149 Å². The van der Waals surface area contributed by atoms with Gasteiger partial charge in [-0.2, -0.15) is 0 Å². The molecule has 0 radical (unpaired) electrons. The van der Waals surface area contributed by atoms with E-state index in [4.69, 9.17) is 4.99 Å². The van der Waals surface area contributed by atoms with E-state index in [1.165, 1.54) is 43.4 Å². The van der Waals surface area contributed by atoms with Gasteiger partial charge in [0.2, 0.25) is 6.29 Å². The van der Waals surface area contributed by atoms with E-state index < -0.39 is 0 Å². The fourth-order valence-corrected chi connectivity index (χ4v) is 8.35. The highest BCUT2D eigenvalue weighted by molar-refractivity contribution is 8.00. The monoisotopic (exact) mass is 557 g/mol. The van der Waals surface area contributed by atoms with Gasteiger partial charge in [-0.1, -0.05) is 115 Å². The lowest BCUT2D eigenvalue weighted by Crippen LogP contribution is -2.24. The molecule has 3 aliphatic rings. The first-order valence-electron chi connectivity index (χ1n) is 14.5. The summed E-state index contributed by atoms with van der Waals surface area (Å²) in [7, 11) is 0. The first-order valence-corrected chi connectivity index (χ1v) is 15.4. The van der Waals surface area contributed by atoms with Gasteiger partial charge >= 0.3 is 0 Å². The van der Waals surface area contributed by atoms with Crippen molar-refractivity contribution in [3.05, 3.63) is 156 Å². The molecule has 1 aromatic heterocycles. The normalized spacial score (nSPS) is 20.2. The van der Waals surface area contributed by atoms with Crippen LogP contribution in [0.5, 0.6) is 0 Å². The molecule has 1 N–H and O–H groups in total. The third-order valence-electron chi connectivity index (χ3n) is 8.76. The van der Waals surface area contributed by atoms with E-state index in [9.17, 15) is 0 Å². The van der Waals surface area contributed by atoms with E-state index in [0.717, 1.165) is 22.5 Å². The molecule has 2 aliphatic heterocycles.